The van der Waals surface area contributed by atoms with Crippen molar-refractivity contribution < 1.29 is 9.53 Å². The van der Waals surface area contributed by atoms with Gasteiger partial charge in [-0.15, -0.1) is 0 Å². The van der Waals surface area contributed by atoms with Crippen molar-refractivity contribution in [2.45, 2.75) is 19.5 Å². The van der Waals surface area contributed by atoms with Gasteiger partial charge in [-0.3, -0.25) is 4.90 Å². The second-order valence-electron chi connectivity index (χ2n) is 5.14. The Morgan fingerprint density at radius 1 is 1.19 bits per heavy atom. The Hall–Kier alpha value is -2.49. The standard InChI is InChI=1S/C17H18N2O2/c1-13-12-21-16-10-6-5-9-15(16)19(13)17(20)18-11-14-7-3-2-4-8-14/h2-10,13H,11-12H2,1H3,(H,18,20). The SMILES string of the molecule is CC1COc2ccccc2N1C(=O)NCc1ccccc1. The van der Waals surface area contributed by atoms with E-state index in [1.54, 1.807) is 4.90 Å². The number of fused-ring (bicyclic) bond motifs is 1. The molecule has 2 aromatic rings. The Labute approximate surface area is 124 Å². The number of para-hydroxylation sites is 2. The fourth-order valence-electron chi connectivity index (χ4n) is 2.47. The molecule has 0 bridgehead atoms. The van der Waals surface area contributed by atoms with Gasteiger partial charge in [0.1, 0.15) is 12.4 Å². The maximum Gasteiger partial charge on any atom is 0.322 e. The Kier molecular flexibility index (Phi) is 3.77. The Morgan fingerprint density at radius 3 is 2.71 bits per heavy atom. The van der Waals surface area contributed by atoms with E-state index in [1.807, 2.05) is 61.5 Å². The third-order valence-corrected chi connectivity index (χ3v) is 3.55. The fraction of sp³-hybridized carbons (Fsp3) is 0.235. The smallest absolute Gasteiger partial charge is 0.322 e. The molecule has 108 valence electrons. The van der Waals surface area contributed by atoms with E-state index in [9.17, 15) is 4.79 Å². The predicted octanol–water partition coefficient (Wildman–Crippen LogP) is 3.18. The van der Waals surface area contributed by atoms with Crippen molar-refractivity contribution in [1.29, 1.82) is 0 Å². The number of hydrogen-bond donors (Lipinski definition) is 1. The predicted molar refractivity (Wildman–Crippen MR) is 82.6 cm³/mol. The van der Waals surface area contributed by atoms with Crippen molar-refractivity contribution >= 4 is 11.7 Å². The molecule has 0 aliphatic carbocycles. The average molecular weight is 282 g/mol. The summed E-state index contributed by atoms with van der Waals surface area (Å²) in [6.07, 6.45) is 0. The number of nitrogens with zero attached hydrogens (tertiary/aromatic N) is 1. The van der Waals surface area contributed by atoms with Gasteiger partial charge in [0.2, 0.25) is 0 Å². The normalized spacial score (nSPS) is 16.8. The lowest BCUT2D eigenvalue weighted by Gasteiger charge is -2.34. The summed E-state index contributed by atoms with van der Waals surface area (Å²) in [5.41, 5.74) is 1.90. The fourth-order valence-corrected chi connectivity index (χ4v) is 2.47. The van der Waals surface area contributed by atoms with Crippen LogP contribution >= 0.6 is 0 Å². The molecule has 3 rings (SSSR count). The second-order valence-corrected chi connectivity index (χ2v) is 5.14. The number of ether oxygens (including phenoxy) is 1. The number of nitrogens with one attached hydrogen (secondary N) is 1. The molecule has 0 saturated carbocycles. The molecule has 0 aromatic heterocycles. The van der Waals surface area contributed by atoms with E-state index in [1.165, 1.54) is 0 Å². The number of anilines is 1. The van der Waals surface area contributed by atoms with Gasteiger partial charge in [-0.1, -0.05) is 42.5 Å². The summed E-state index contributed by atoms with van der Waals surface area (Å²) < 4.78 is 5.66. The van der Waals surface area contributed by atoms with E-state index in [2.05, 4.69) is 5.32 Å². The second kappa shape index (κ2) is 5.87. The number of urea groups is 1. The van der Waals surface area contributed by atoms with E-state index in [4.69, 9.17) is 4.74 Å². The van der Waals surface area contributed by atoms with Gasteiger partial charge in [0.15, 0.2) is 0 Å². The van der Waals surface area contributed by atoms with Gasteiger partial charge in [-0.2, -0.15) is 0 Å². The van der Waals surface area contributed by atoms with Gasteiger partial charge in [0, 0.05) is 6.54 Å². The van der Waals surface area contributed by atoms with Crippen LogP contribution in [0.5, 0.6) is 5.75 Å². The van der Waals surface area contributed by atoms with Gasteiger partial charge in [0.25, 0.3) is 0 Å². The first-order valence-corrected chi connectivity index (χ1v) is 7.08. The highest BCUT2D eigenvalue weighted by Crippen LogP contribution is 2.33. The van der Waals surface area contributed by atoms with Crippen molar-refractivity contribution in [2.75, 3.05) is 11.5 Å². The van der Waals surface area contributed by atoms with Crippen LogP contribution in [0, 0.1) is 0 Å². The van der Waals surface area contributed by atoms with Crippen LogP contribution in [0.1, 0.15) is 12.5 Å². The molecule has 1 unspecified atom stereocenters. The molecule has 1 aliphatic rings. The van der Waals surface area contributed by atoms with Crippen molar-refractivity contribution in [3.63, 3.8) is 0 Å². The van der Waals surface area contributed by atoms with Crippen LogP contribution in [0.3, 0.4) is 0 Å². The zero-order valence-electron chi connectivity index (χ0n) is 12.0. The maximum atomic E-state index is 12.5. The van der Waals surface area contributed by atoms with Gasteiger partial charge in [-0.05, 0) is 24.6 Å². The number of carbonyl (C=O) groups excluding carboxylic acids is 1. The molecule has 1 N–H and O–H groups in total. The highest BCUT2D eigenvalue weighted by molar-refractivity contribution is 5.94. The molecule has 0 saturated heterocycles. The summed E-state index contributed by atoms with van der Waals surface area (Å²) in [6, 6.07) is 17.4. The van der Waals surface area contributed by atoms with Crippen LogP contribution in [0.25, 0.3) is 0 Å². The molecule has 1 aliphatic heterocycles. The number of amides is 2. The minimum Gasteiger partial charge on any atom is -0.489 e. The van der Waals surface area contributed by atoms with Crippen LogP contribution < -0.4 is 15.0 Å². The summed E-state index contributed by atoms with van der Waals surface area (Å²) in [6.45, 7) is 3.01. The minimum atomic E-state index is -0.0953. The van der Waals surface area contributed by atoms with E-state index in [0.717, 1.165) is 17.0 Å². The summed E-state index contributed by atoms with van der Waals surface area (Å²) in [7, 11) is 0. The Balaban J connectivity index is 1.75. The third kappa shape index (κ3) is 2.84. The summed E-state index contributed by atoms with van der Waals surface area (Å²) >= 11 is 0. The lowest BCUT2D eigenvalue weighted by atomic mass is 10.2. The van der Waals surface area contributed by atoms with Crippen molar-refractivity contribution in [3.05, 3.63) is 60.2 Å². The summed E-state index contributed by atoms with van der Waals surface area (Å²) in [5, 5.41) is 2.97. The molecular weight excluding hydrogens is 264 g/mol. The lowest BCUT2D eigenvalue weighted by molar-refractivity contribution is 0.230. The molecule has 0 fully saturated rings. The van der Waals surface area contributed by atoms with Crippen molar-refractivity contribution in [3.8, 4) is 5.75 Å². The topological polar surface area (TPSA) is 41.6 Å². The highest BCUT2D eigenvalue weighted by atomic mass is 16.5. The summed E-state index contributed by atoms with van der Waals surface area (Å²) in [4.78, 5) is 14.3. The van der Waals surface area contributed by atoms with Crippen LogP contribution in [0.4, 0.5) is 10.5 Å². The molecule has 4 heteroatoms. The van der Waals surface area contributed by atoms with E-state index >= 15 is 0 Å². The molecule has 2 amide bonds. The quantitative estimate of drug-likeness (QED) is 0.919. The highest BCUT2D eigenvalue weighted by Gasteiger charge is 2.28. The average Bonchev–Trinajstić information content (AvgIpc) is 2.53. The van der Waals surface area contributed by atoms with Crippen molar-refractivity contribution in [2.24, 2.45) is 0 Å². The van der Waals surface area contributed by atoms with E-state index in [-0.39, 0.29) is 12.1 Å². The third-order valence-electron chi connectivity index (χ3n) is 3.55. The number of carbonyl (C=O) groups is 1. The molecule has 2 aromatic carbocycles. The number of benzene rings is 2. The maximum absolute atomic E-state index is 12.5. The molecule has 4 nitrogen and oxygen atoms in total. The molecular formula is C17H18N2O2. The van der Waals surface area contributed by atoms with E-state index < -0.39 is 0 Å². The first kappa shape index (κ1) is 13.5. The Bertz CT molecular complexity index is 628. The van der Waals surface area contributed by atoms with Gasteiger partial charge < -0.3 is 10.1 Å². The number of rotatable bonds is 2. The van der Waals surface area contributed by atoms with Crippen LogP contribution in [0.15, 0.2) is 54.6 Å². The van der Waals surface area contributed by atoms with Gasteiger partial charge >= 0.3 is 6.03 Å². The van der Waals surface area contributed by atoms with Crippen LogP contribution in [0.2, 0.25) is 0 Å². The molecule has 1 heterocycles. The van der Waals surface area contributed by atoms with Crippen LogP contribution in [-0.2, 0) is 6.54 Å². The zero-order chi connectivity index (χ0) is 14.7. The molecule has 1 atom stereocenters. The number of hydrogen-bond acceptors (Lipinski definition) is 2. The lowest BCUT2D eigenvalue weighted by Crippen LogP contribution is -2.49. The first-order chi connectivity index (χ1) is 10.3. The van der Waals surface area contributed by atoms with Crippen molar-refractivity contribution in [1.82, 2.24) is 5.32 Å². The summed E-state index contributed by atoms with van der Waals surface area (Å²) in [5.74, 6) is 0.755. The van der Waals surface area contributed by atoms with Gasteiger partial charge in [-0.25, -0.2) is 4.79 Å². The molecule has 0 radical (unpaired) electrons. The van der Waals surface area contributed by atoms with Gasteiger partial charge in [0.05, 0.1) is 11.7 Å². The molecule has 0 spiro atoms. The van der Waals surface area contributed by atoms with E-state index in [0.29, 0.717) is 13.2 Å². The minimum absolute atomic E-state index is 0.00988. The molecule has 21 heavy (non-hydrogen) atoms. The zero-order valence-corrected chi connectivity index (χ0v) is 12.0. The first-order valence-electron chi connectivity index (χ1n) is 7.08. The monoisotopic (exact) mass is 282 g/mol. The Morgan fingerprint density at radius 2 is 1.90 bits per heavy atom. The largest absolute Gasteiger partial charge is 0.489 e. The van der Waals surface area contributed by atoms with Crippen LogP contribution in [-0.4, -0.2) is 18.7 Å².